The van der Waals surface area contributed by atoms with Gasteiger partial charge in [0.2, 0.25) is 11.8 Å². The van der Waals surface area contributed by atoms with Gasteiger partial charge < -0.3 is 40.2 Å². The van der Waals surface area contributed by atoms with Gasteiger partial charge in [-0.25, -0.2) is 19.6 Å². The van der Waals surface area contributed by atoms with E-state index in [4.69, 9.17) is 14.7 Å². The minimum absolute atomic E-state index is 0.0400. The minimum Gasteiger partial charge on any atom is -0.465 e. The van der Waals surface area contributed by atoms with Crippen molar-refractivity contribution in [2.75, 3.05) is 20.2 Å². The zero-order chi connectivity index (χ0) is 44.1. The molecule has 63 heavy (non-hydrogen) atoms. The number of imidazole rings is 2. The first-order valence-electron chi connectivity index (χ1n) is 22.0. The molecule has 15 heteroatoms. The minimum atomic E-state index is -1.23. The van der Waals surface area contributed by atoms with Crippen LogP contribution in [0.25, 0.3) is 44.5 Å². The molecular formula is C48H52N8O7. The van der Waals surface area contributed by atoms with Gasteiger partial charge in [-0.15, -0.1) is 0 Å². The van der Waals surface area contributed by atoms with Crippen LogP contribution in [-0.2, 0) is 19.9 Å². The summed E-state index contributed by atoms with van der Waals surface area (Å²) in [5.41, 5.74) is 7.35. The van der Waals surface area contributed by atoms with Crippen molar-refractivity contribution < 1.29 is 33.8 Å². The lowest BCUT2D eigenvalue weighted by Gasteiger charge is -2.40. The van der Waals surface area contributed by atoms with Crippen LogP contribution in [0.4, 0.5) is 9.59 Å². The average molecular weight is 853 g/mol. The Balaban J connectivity index is 0.890. The highest BCUT2D eigenvalue weighted by molar-refractivity contribution is 6.22. The monoisotopic (exact) mass is 852 g/mol. The number of fused-ring (bicyclic) bond motifs is 6. The van der Waals surface area contributed by atoms with E-state index in [0.717, 1.165) is 88.9 Å². The SMILES string of the molecule is COC(=O)N[C@H](C(=O)N1CC2CCC1(c1nc3ccc(-c4ccc5c(c4)C(=O)c4cc(-c6cnc(C7CC8(CC8)CN7C(=O)C(NC(=O)O)C(C)C)[nH]6)ccc4-5)cc3[nH]1)C2)C(C)C. The molecule has 4 heterocycles. The number of alkyl carbamates (subject to hydrolysis) is 1. The molecule has 326 valence electrons. The smallest absolute Gasteiger partial charge is 0.407 e. The van der Waals surface area contributed by atoms with Crippen LogP contribution in [0.2, 0.25) is 0 Å². The summed E-state index contributed by atoms with van der Waals surface area (Å²) in [5.74, 6) is 0.957. The van der Waals surface area contributed by atoms with Crippen molar-refractivity contribution in [3.05, 3.63) is 83.6 Å². The standard InChI is InChI=1S/C48H52N8O7/c1-24(2)38(53-45(60)61)42(58)55-23-47(14-15-47)20-37(55)41-49-21-36(50-41)29-7-10-31-30-9-6-27(16-32(30)40(57)33(31)17-29)28-8-11-34-35(18-28)52-44(51-34)48-13-12-26(19-48)22-56(48)43(59)39(25(3)4)54-46(62)63-5/h6-11,16-18,21,24-26,37-39,53H,12-15,19-20,22-23H2,1-5H3,(H,49,50)(H,51,52)(H,54,62)(H,60,61)/t26?,37?,38?,39-,48?/m0/s1. The molecule has 4 unspecified atom stereocenters. The van der Waals surface area contributed by atoms with E-state index in [9.17, 15) is 29.1 Å². The van der Waals surface area contributed by atoms with Crippen molar-refractivity contribution in [2.45, 2.75) is 89.9 Å². The molecule has 5 aliphatic rings. The highest BCUT2D eigenvalue weighted by Gasteiger charge is 2.57. The number of ether oxygens (including phenoxy) is 1. The molecule has 2 saturated heterocycles. The third-order valence-corrected chi connectivity index (χ3v) is 14.5. The van der Waals surface area contributed by atoms with Gasteiger partial charge in [-0.2, -0.15) is 0 Å². The van der Waals surface area contributed by atoms with Crippen LogP contribution < -0.4 is 10.6 Å². The Morgan fingerprint density at radius 3 is 2.16 bits per heavy atom. The lowest BCUT2D eigenvalue weighted by molar-refractivity contribution is -0.140. The molecule has 4 fully saturated rings. The zero-order valence-corrected chi connectivity index (χ0v) is 36.1. The molecule has 5 aromatic rings. The van der Waals surface area contributed by atoms with Gasteiger partial charge >= 0.3 is 12.2 Å². The Hall–Kier alpha value is -6.51. The maximum atomic E-state index is 14.2. The summed E-state index contributed by atoms with van der Waals surface area (Å²) in [7, 11) is 1.29. The van der Waals surface area contributed by atoms with Gasteiger partial charge in [0.15, 0.2) is 5.78 Å². The normalized spacial score (nSPS) is 22.5. The Morgan fingerprint density at radius 1 is 0.825 bits per heavy atom. The number of hydrogen-bond donors (Lipinski definition) is 5. The van der Waals surface area contributed by atoms with Gasteiger partial charge in [-0.1, -0.05) is 58.0 Å². The highest BCUT2D eigenvalue weighted by Crippen LogP contribution is 2.58. The second kappa shape index (κ2) is 14.8. The largest absolute Gasteiger partial charge is 0.465 e. The first kappa shape index (κ1) is 40.6. The number of hydrogen-bond acceptors (Lipinski definition) is 8. The molecule has 5 atom stereocenters. The van der Waals surface area contributed by atoms with Crippen LogP contribution in [-0.4, -0.2) is 96.9 Å². The number of nitrogens with one attached hydrogen (secondary N) is 4. The molecular weight excluding hydrogens is 801 g/mol. The summed E-state index contributed by atoms with van der Waals surface area (Å²) in [6.07, 6.45) is 5.27. The molecule has 0 radical (unpaired) electrons. The van der Waals surface area contributed by atoms with Gasteiger partial charge in [0.1, 0.15) is 29.3 Å². The molecule has 4 amide bonds. The molecule has 2 bridgehead atoms. The summed E-state index contributed by atoms with van der Waals surface area (Å²) < 4.78 is 4.83. The molecule has 5 N–H and O–H groups in total. The number of likely N-dealkylation sites (tertiary alicyclic amines) is 2. The highest BCUT2D eigenvalue weighted by atomic mass is 16.5. The molecule has 2 aliphatic heterocycles. The van der Waals surface area contributed by atoms with Crippen LogP contribution >= 0.6 is 0 Å². The number of methoxy groups -OCH3 is 1. The van der Waals surface area contributed by atoms with Gasteiger partial charge in [0.25, 0.3) is 0 Å². The van der Waals surface area contributed by atoms with E-state index in [1.807, 2.05) is 87.2 Å². The summed E-state index contributed by atoms with van der Waals surface area (Å²) >= 11 is 0. The maximum absolute atomic E-state index is 14.2. The fourth-order valence-corrected chi connectivity index (χ4v) is 10.9. The number of carbonyl (C=O) groups is 5. The second-order valence-electron chi connectivity index (χ2n) is 19.2. The predicted octanol–water partition coefficient (Wildman–Crippen LogP) is 7.40. The molecule has 15 nitrogen and oxygen atoms in total. The van der Waals surface area contributed by atoms with Crippen molar-refractivity contribution in [3.63, 3.8) is 0 Å². The van der Waals surface area contributed by atoms with Crippen LogP contribution in [0, 0.1) is 23.2 Å². The number of aromatic nitrogens is 4. The topological polar surface area (TPSA) is 203 Å². The van der Waals surface area contributed by atoms with Gasteiger partial charge in [-0.05, 0) is 108 Å². The number of nitrogens with zero attached hydrogens (tertiary/aromatic N) is 4. The number of benzene rings is 3. The zero-order valence-electron chi connectivity index (χ0n) is 36.1. The van der Waals surface area contributed by atoms with Crippen molar-refractivity contribution in [1.29, 1.82) is 0 Å². The number of ketones is 1. The van der Waals surface area contributed by atoms with E-state index in [1.165, 1.54) is 7.11 Å². The number of amides is 4. The first-order chi connectivity index (χ1) is 30.2. The van der Waals surface area contributed by atoms with Gasteiger partial charge in [0, 0.05) is 29.8 Å². The third kappa shape index (κ3) is 6.74. The fraction of sp³-hybridized carbons (Fsp3) is 0.438. The van der Waals surface area contributed by atoms with Crippen molar-refractivity contribution in [1.82, 2.24) is 40.4 Å². The maximum Gasteiger partial charge on any atom is 0.407 e. The Kier molecular flexibility index (Phi) is 9.53. The molecule has 10 rings (SSSR count). The van der Waals surface area contributed by atoms with Crippen molar-refractivity contribution >= 4 is 40.8 Å². The van der Waals surface area contributed by atoms with Gasteiger partial charge in [-0.3, -0.25) is 14.4 Å². The summed E-state index contributed by atoms with van der Waals surface area (Å²) in [6.45, 7) is 8.68. The number of H-pyrrole nitrogens is 2. The molecule has 3 aliphatic carbocycles. The van der Waals surface area contributed by atoms with E-state index in [1.54, 1.807) is 11.1 Å². The number of carboxylic acid groups (broad SMARTS) is 1. The molecule has 2 aromatic heterocycles. The van der Waals surface area contributed by atoms with Crippen molar-refractivity contribution in [2.24, 2.45) is 23.2 Å². The van der Waals surface area contributed by atoms with Crippen LogP contribution in [0.1, 0.15) is 99.8 Å². The molecule has 3 aromatic carbocycles. The molecule has 2 saturated carbocycles. The number of rotatable bonds is 10. The first-order valence-corrected chi connectivity index (χ1v) is 22.0. The number of aromatic amines is 2. The second-order valence-corrected chi connectivity index (χ2v) is 19.2. The third-order valence-electron chi connectivity index (χ3n) is 14.5. The summed E-state index contributed by atoms with van der Waals surface area (Å²) in [5, 5.41) is 14.6. The van der Waals surface area contributed by atoms with Crippen molar-refractivity contribution in [3.8, 4) is 33.5 Å². The average Bonchev–Trinajstić information content (AvgIpc) is 3.93. The quantitative estimate of drug-likeness (QED) is 0.0931. The Labute approximate surface area is 364 Å². The Morgan fingerprint density at radius 2 is 1.49 bits per heavy atom. The number of piperidine rings is 1. The van der Waals surface area contributed by atoms with Crippen LogP contribution in [0.3, 0.4) is 0 Å². The summed E-state index contributed by atoms with van der Waals surface area (Å²) in [4.78, 5) is 86.3. The molecule has 1 spiro atoms. The van der Waals surface area contributed by atoms with E-state index < -0.39 is 29.8 Å². The summed E-state index contributed by atoms with van der Waals surface area (Å²) in [6, 6.07) is 16.0. The fourth-order valence-electron chi connectivity index (χ4n) is 10.9. The predicted molar refractivity (Wildman–Crippen MR) is 233 cm³/mol. The lowest BCUT2D eigenvalue weighted by atomic mass is 9.93. The van der Waals surface area contributed by atoms with E-state index >= 15 is 0 Å². The van der Waals surface area contributed by atoms with Crippen LogP contribution in [0.15, 0.2) is 60.8 Å². The van der Waals surface area contributed by atoms with E-state index in [-0.39, 0.29) is 40.9 Å². The number of carbonyl (C=O) groups excluding carboxylic acids is 4. The van der Waals surface area contributed by atoms with E-state index in [0.29, 0.717) is 36.0 Å². The van der Waals surface area contributed by atoms with Gasteiger partial charge in [0.05, 0.1) is 36.1 Å². The van der Waals surface area contributed by atoms with E-state index in [2.05, 4.69) is 20.6 Å². The van der Waals surface area contributed by atoms with Crippen LogP contribution in [0.5, 0.6) is 0 Å². The lowest BCUT2D eigenvalue weighted by Crippen LogP contribution is -2.56. The Bertz CT molecular complexity index is 2730.